The van der Waals surface area contributed by atoms with Crippen LogP contribution >= 0.6 is 0 Å². The molecule has 17 heavy (non-hydrogen) atoms. The number of methoxy groups -OCH3 is 1. The van der Waals surface area contributed by atoms with Crippen LogP contribution in [0.5, 0.6) is 5.75 Å². The van der Waals surface area contributed by atoms with E-state index in [-0.39, 0.29) is 5.41 Å². The third-order valence-corrected chi connectivity index (χ3v) is 2.63. The van der Waals surface area contributed by atoms with Gasteiger partial charge in [-0.3, -0.25) is 4.79 Å². The first-order valence-electron chi connectivity index (χ1n) is 5.32. The molecule has 0 aliphatic heterocycles. The number of amides is 1. The van der Waals surface area contributed by atoms with Gasteiger partial charge in [0.15, 0.2) is 6.07 Å². The Morgan fingerprint density at radius 3 is 2.71 bits per heavy atom. The summed E-state index contributed by atoms with van der Waals surface area (Å²) in [5.74, 6) is 0.164. The maximum atomic E-state index is 10.9. The van der Waals surface area contributed by atoms with Gasteiger partial charge in [-0.25, -0.2) is 0 Å². The molecule has 0 spiro atoms. The Kier molecular flexibility index (Phi) is 4.11. The number of hydrogen-bond acceptors (Lipinski definition) is 3. The molecule has 0 saturated heterocycles. The van der Waals surface area contributed by atoms with Gasteiger partial charge in [-0.2, -0.15) is 5.26 Å². The molecule has 1 aromatic rings. The lowest BCUT2D eigenvalue weighted by atomic mass is 9.84. The van der Waals surface area contributed by atoms with E-state index in [1.807, 2.05) is 38.1 Å². The van der Waals surface area contributed by atoms with E-state index in [0.717, 1.165) is 11.3 Å². The first-order chi connectivity index (χ1) is 8.01. The molecule has 0 bridgehead atoms. The number of nitriles is 1. The average Bonchev–Trinajstić information content (AvgIpc) is 2.35. The third kappa shape index (κ3) is 3.22. The Morgan fingerprint density at radius 1 is 1.47 bits per heavy atom. The fraction of sp³-hybridized carbons (Fsp3) is 0.385. The summed E-state index contributed by atoms with van der Waals surface area (Å²) in [6.07, 6.45) is 0. The highest BCUT2D eigenvalue weighted by molar-refractivity contribution is 5.91. The van der Waals surface area contributed by atoms with E-state index in [1.165, 1.54) is 6.07 Å². The van der Waals surface area contributed by atoms with E-state index in [0.29, 0.717) is 6.54 Å². The summed E-state index contributed by atoms with van der Waals surface area (Å²) in [6.45, 7) is 4.37. The van der Waals surface area contributed by atoms with E-state index in [4.69, 9.17) is 10.00 Å². The normalized spacial score (nSPS) is 10.5. The molecule has 0 aliphatic carbocycles. The quantitative estimate of drug-likeness (QED) is 0.802. The molecule has 0 aliphatic rings. The van der Waals surface area contributed by atoms with Gasteiger partial charge in [0, 0.05) is 17.5 Å². The van der Waals surface area contributed by atoms with Crippen molar-refractivity contribution in [3.63, 3.8) is 0 Å². The average molecular weight is 232 g/mol. The number of rotatable bonds is 4. The molecule has 1 amide bonds. The molecule has 0 heterocycles. The van der Waals surface area contributed by atoms with Crippen LogP contribution in [0.2, 0.25) is 0 Å². The van der Waals surface area contributed by atoms with Crippen LogP contribution in [0.1, 0.15) is 19.4 Å². The predicted molar refractivity (Wildman–Crippen MR) is 64.6 cm³/mol. The van der Waals surface area contributed by atoms with Crippen LogP contribution in [0.25, 0.3) is 0 Å². The minimum Gasteiger partial charge on any atom is -0.496 e. The lowest BCUT2D eigenvalue weighted by molar-refractivity contribution is -0.116. The molecule has 4 heteroatoms. The van der Waals surface area contributed by atoms with Crippen LogP contribution in [0, 0.1) is 11.3 Å². The van der Waals surface area contributed by atoms with E-state index in [2.05, 4.69) is 5.32 Å². The second-order valence-electron chi connectivity index (χ2n) is 4.38. The molecule has 4 nitrogen and oxygen atoms in total. The van der Waals surface area contributed by atoms with E-state index < -0.39 is 5.91 Å². The maximum Gasteiger partial charge on any atom is 0.322 e. The predicted octanol–water partition coefficient (Wildman–Crippen LogP) is 1.61. The van der Waals surface area contributed by atoms with Crippen molar-refractivity contribution in [3.05, 3.63) is 29.8 Å². The summed E-state index contributed by atoms with van der Waals surface area (Å²) in [5, 5.41) is 11.0. The van der Waals surface area contributed by atoms with Gasteiger partial charge in [0.2, 0.25) is 0 Å². The fourth-order valence-electron chi connectivity index (χ4n) is 1.64. The minimum absolute atomic E-state index is 0.293. The van der Waals surface area contributed by atoms with Crippen molar-refractivity contribution in [1.82, 2.24) is 5.32 Å². The van der Waals surface area contributed by atoms with Crippen molar-refractivity contribution >= 4 is 5.91 Å². The van der Waals surface area contributed by atoms with Crippen LogP contribution in [-0.4, -0.2) is 19.6 Å². The van der Waals surface area contributed by atoms with Gasteiger partial charge in [-0.15, -0.1) is 0 Å². The Labute approximate surface area is 101 Å². The molecule has 0 radical (unpaired) electrons. The first kappa shape index (κ1) is 13.0. The molecule has 0 saturated carbocycles. The Hall–Kier alpha value is -2.02. The van der Waals surface area contributed by atoms with E-state index in [9.17, 15) is 4.79 Å². The molecular formula is C13H16N2O2. The van der Waals surface area contributed by atoms with Crippen LogP contribution in [0.4, 0.5) is 0 Å². The molecule has 0 unspecified atom stereocenters. The van der Waals surface area contributed by atoms with Crippen LogP contribution in [0.15, 0.2) is 24.3 Å². The summed E-state index contributed by atoms with van der Waals surface area (Å²) in [7, 11) is 1.61. The number of para-hydroxylation sites is 1. The molecule has 90 valence electrons. The van der Waals surface area contributed by atoms with Crippen molar-refractivity contribution in [1.29, 1.82) is 5.26 Å². The van der Waals surface area contributed by atoms with Crippen molar-refractivity contribution in [2.75, 3.05) is 13.7 Å². The SMILES string of the molecule is COc1ccccc1C(C)(C)CNC(=O)C#N. The number of carbonyl (C=O) groups excluding carboxylic acids is 1. The van der Waals surface area contributed by atoms with Crippen LogP contribution < -0.4 is 10.1 Å². The summed E-state index contributed by atoms with van der Waals surface area (Å²) < 4.78 is 5.29. The maximum absolute atomic E-state index is 10.9. The minimum atomic E-state index is -0.618. The van der Waals surface area contributed by atoms with Gasteiger partial charge in [0.1, 0.15) is 5.75 Å². The summed E-state index contributed by atoms with van der Waals surface area (Å²) >= 11 is 0. The Morgan fingerprint density at radius 2 is 2.12 bits per heavy atom. The van der Waals surface area contributed by atoms with Gasteiger partial charge in [-0.05, 0) is 6.07 Å². The van der Waals surface area contributed by atoms with Crippen LogP contribution in [0.3, 0.4) is 0 Å². The summed E-state index contributed by atoms with van der Waals surface area (Å²) in [5.41, 5.74) is 0.708. The molecule has 1 rings (SSSR count). The van der Waals surface area contributed by atoms with Crippen LogP contribution in [-0.2, 0) is 10.2 Å². The molecule has 1 aromatic carbocycles. The zero-order valence-electron chi connectivity index (χ0n) is 10.3. The number of nitrogens with one attached hydrogen (secondary N) is 1. The second kappa shape index (κ2) is 5.35. The molecule has 0 aromatic heterocycles. The molecular weight excluding hydrogens is 216 g/mol. The smallest absolute Gasteiger partial charge is 0.322 e. The Bertz CT molecular complexity index is 447. The number of carbonyl (C=O) groups is 1. The summed E-state index contributed by atoms with van der Waals surface area (Å²) in [4.78, 5) is 10.9. The highest BCUT2D eigenvalue weighted by atomic mass is 16.5. The largest absolute Gasteiger partial charge is 0.496 e. The number of nitrogens with zero attached hydrogens (tertiary/aromatic N) is 1. The zero-order valence-corrected chi connectivity index (χ0v) is 10.3. The van der Waals surface area contributed by atoms with Crippen molar-refractivity contribution in [3.8, 4) is 11.8 Å². The van der Waals surface area contributed by atoms with Gasteiger partial charge < -0.3 is 10.1 Å². The number of ether oxygens (including phenoxy) is 1. The zero-order chi connectivity index (χ0) is 12.9. The number of hydrogen-bond donors (Lipinski definition) is 1. The first-order valence-corrected chi connectivity index (χ1v) is 5.32. The van der Waals surface area contributed by atoms with Crippen molar-refractivity contribution in [2.45, 2.75) is 19.3 Å². The van der Waals surface area contributed by atoms with Crippen molar-refractivity contribution in [2.24, 2.45) is 0 Å². The van der Waals surface area contributed by atoms with Gasteiger partial charge in [-0.1, -0.05) is 32.0 Å². The molecule has 0 atom stereocenters. The second-order valence-corrected chi connectivity index (χ2v) is 4.38. The molecule has 0 fully saturated rings. The lowest BCUT2D eigenvalue weighted by Gasteiger charge is -2.26. The van der Waals surface area contributed by atoms with Gasteiger partial charge >= 0.3 is 5.91 Å². The van der Waals surface area contributed by atoms with Crippen molar-refractivity contribution < 1.29 is 9.53 Å². The van der Waals surface area contributed by atoms with E-state index in [1.54, 1.807) is 7.11 Å². The summed E-state index contributed by atoms with van der Waals surface area (Å²) in [6, 6.07) is 9.19. The van der Waals surface area contributed by atoms with Gasteiger partial charge in [0.25, 0.3) is 0 Å². The highest BCUT2D eigenvalue weighted by Crippen LogP contribution is 2.30. The standard InChI is InChI=1S/C13H16N2O2/c1-13(2,9-15-12(16)8-14)10-6-4-5-7-11(10)17-3/h4-7H,9H2,1-3H3,(H,15,16). The topological polar surface area (TPSA) is 62.1 Å². The molecule has 1 N–H and O–H groups in total. The fourth-order valence-corrected chi connectivity index (χ4v) is 1.64. The lowest BCUT2D eigenvalue weighted by Crippen LogP contribution is -2.36. The monoisotopic (exact) mass is 232 g/mol. The Balaban J connectivity index is 2.89. The number of benzene rings is 1. The highest BCUT2D eigenvalue weighted by Gasteiger charge is 2.24. The van der Waals surface area contributed by atoms with E-state index >= 15 is 0 Å². The third-order valence-electron chi connectivity index (χ3n) is 2.63. The van der Waals surface area contributed by atoms with Gasteiger partial charge in [0.05, 0.1) is 7.11 Å².